The van der Waals surface area contributed by atoms with E-state index < -0.39 is 0 Å². The van der Waals surface area contributed by atoms with Gasteiger partial charge in [0.2, 0.25) is 5.75 Å². The monoisotopic (exact) mass is 388 g/mol. The molecule has 2 amide bonds. The highest BCUT2D eigenvalue weighted by Crippen LogP contribution is 2.40. The zero-order chi connectivity index (χ0) is 20.4. The maximum Gasteiger partial charge on any atom is 0.319 e. The molecule has 0 aliphatic rings. The van der Waals surface area contributed by atoms with Crippen molar-refractivity contribution in [3.05, 3.63) is 42.0 Å². The van der Waals surface area contributed by atoms with E-state index in [4.69, 9.17) is 14.2 Å². The van der Waals surface area contributed by atoms with E-state index in [-0.39, 0.29) is 11.8 Å². The van der Waals surface area contributed by atoms with Gasteiger partial charge in [-0.2, -0.15) is 0 Å². The summed E-state index contributed by atoms with van der Waals surface area (Å²) in [7, 11) is 0. The van der Waals surface area contributed by atoms with Crippen molar-refractivity contribution in [2.75, 3.05) is 31.7 Å². The Labute approximate surface area is 165 Å². The van der Waals surface area contributed by atoms with Gasteiger partial charge in [-0.25, -0.2) is 4.79 Å². The Morgan fingerprint density at radius 3 is 2.04 bits per heavy atom. The van der Waals surface area contributed by atoms with Crippen molar-refractivity contribution in [3.8, 4) is 23.0 Å². The lowest BCUT2D eigenvalue weighted by molar-refractivity contribution is 0.252. The predicted octanol–water partition coefficient (Wildman–Crippen LogP) is 3.95. The molecular formula is C21H28N2O5. The largest absolute Gasteiger partial charge is 0.508 e. The van der Waals surface area contributed by atoms with E-state index in [1.54, 1.807) is 24.3 Å². The van der Waals surface area contributed by atoms with Gasteiger partial charge in [-0.15, -0.1) is 0 Å². The molecule has 7 heteroatoms. The number of carbonyl (C=O) groups is 1. The number of anilines is 1. The topological polar surface area (TPSA) is 89.1 Å². The highest BCUT2D eigenvalue weighted by molar-refractivity contribution is 5.90. The fourth-order valence-corrected chi connectivity index (χ4v) is 2.62. The number of amides is 2. The average Bonchev–Trinajstić information content (AvgIpc) is 2.66. The minimum Gasteiger partial charge on any atom is -0.508 e. The Hall–Kier alpha value is -3.09. The standard InChI is InChI=1S/C21H28N2O5/c1-4-26-18-13-16(14-19(27-5-2)20(18)28-6-3)23-21(25)22-12-11-15-7-9-17(24)10-8-15/h7-10,13-14,24H,4-6,11-12H2,1-3H3,(H2,22,23,25). The van der Waals surface area contributed by atoms with Crippen molar-refractivity contribution in [2.45, 2.75) is 27.2 Å². The molecule has 0 fully saturated rings. The van der Waals surface area contributed by atoms with Gasteiger partial charge in [0, 0.05) is 18.7 Å². The number of benzene rings is 2. The fourth-order valence-electron chi connectivity index (χ4n) is 2.62. The van der Waals surface area contributed by atoms with Gasteiger partial charge in [0.05, 0.1) is 25.5 Å². The maximum atomic E-state index is 12.2. The first-order valence-electron chi connectivity index (χ1n) is 9.46. The number of ether oxygens (including phenoxy) is 3. The van der Waals surface area contributed by atoms with E-state index in [1.165, 1.54) is 0 Å². The molecule has 0 heterocycles. The van der Waals surface area contributed by atoms with Crippen molar-refractivity contribution in [1.29, 1.82) is 0 Å². The molecule has 0 spiro atoms. The number of urea groups is 1. The Kier molecular flexibility index (Phi) is 8.27. The van der Waals surface area contributed by atoms with Crippen LogP contribution in [0.5, 0.6) is 23.0 Å². The third kappa shape index (κ3) is 6.26. The Balaban J connectivity index is 2.02. The summed E-state index contributed by atoms with van der Waals surface area (Å²) in [5.74, 6) is 1.80. The quantitative estimate of drug-likeness (QED) is 0.573. The first kappa shape index (κ1) is 21.2. The summed E-state index contributed by atoms with van der Waals surface area (Å²) in [5, 5.41) is 14.9. The number of aromatic hydroxyl groups is 1. The van der Waals surface area contributed by atoms with Crippen LogP contribution in [0.3, 0.4) is 0 Å². The molecule has 2 aromatic rings. The molecule has 0 aliphatic heterocycles. The number of nitrogens with one attached hydrogen (secondary N) is 2. The van der Waals surface area contributed by atoms with Crippen LogP contribution in [-0.4, -0.2) is 37.5 Å². The summed E-state index contributed by atoms with van der Waals surface area (Å²) >= 11 is 0. The van der Waals surface area contributed by atoms with Crippen molar-refractivity contribution in [1.82, 2.24) is 5.32 Å². The summed E-state index contributed by atoms with van der Waals surface area (Å²) in [6, 6.07) is 10.0. The van der Waals surface area contributed by atoms with E-state index in [0.29, 0.717) is 55.7 Å². The SMILES string of the molecule is CCOc1cc(NC(=O)NCCc2ccc(O)cc2)cc(OCC)c1OCC. The van der Waals surface area contributed by atoms with E-state index >= 15 is 0 Å². The second kappa shape index (κ2) is 10.9. The van der Waals surface area contributed by atoms with Gasteiger partial charge in [-0.1, -0.05) is 12.1 Å². The maximum absolute atomic E-state index is 12.2. The lowest BCUT2D eigenvalue weighted by Crippen LogP contribution is -2.30. The van der Waals surface area contributed by atoms with Crippen LogP contribution in [0.4, 0.5) is 10.5 Å². The van der Waals surface area contributed by atoms with Crippen LogP contribution in [0, 0.1) is 0 Å². The molecule has 0 saturated heterocycles. The normalized spacial score (nSPS) is 10.2. The van der Waals surface area contributed by atoms with Crippen LogP contribution >= 0.6 is 0 Å². The fraction of sp³-hybridized carbons (Fsp3) is 0.381. The molecule has 7 nitrogen and oxygen atoms in total. The average molecular weight is 388 g/mol. The van der Waals surface area contributed by atoms with E-state index in [2.05, 4.69) is 10.6 Å². The number of carbonyl (C=O) groups excluding carboxylic acids is 1. The molecule has 3 N–H and O–H groups in total. The summed E-state index contributed by atoms with van der Waals surface area (Å²) in [6.45, 7) is 7.52. The van der Waals surface area contributed by atoms with E-state index in [0.717, 1.165) is 5.56 Å². The highest BCUT2D eigenvalue weighted by Gasteiger charge is 2.16. The van der Waals surface area contributed by atoms with Gasteiger partial charge in [-0.3, -0.25) is 0 Å². The van der Waals surface area contributed by atoms with Crippen molar-refractivity contribution >= 4 is 11.7 Å². The van der Waals surface area contributed by atoms with Crippen LogP contribution in [0.1, 0.15) is 26.3 Å². The van der Waals surface area contributed by atoms with Crippen LogP contribution in [0.2, 0.25) is 0 Å². The lowest BCUT2D eigenvalue weighted by atomic mass is 10.1. The molecule has 2 aromatic carbocycles. The van der Waals surface area contributed by atoms with Gasteiger partial charge >= 0.3 is 6.03 Å². The summed E-state index contributed by atoms with van der Waals surface area (Å²) in [6.07, 6.45) is 0.658. The van der Waals surface area contributed by atoms with Crippen LogP contribution < -0.4 is 24.8 Å². The smallest absolute Gasteiger partial charge is 0.319 e. The highest BCUT2D eigenvalue weighted by atomic mass is 16.5. The third-order valence-corrected chi connectivity index (χ3v) is 3.80. The van der Waals surface area contributed by atoms with E-state index in [1.807, 2.05) is 32.9 Å². The van der Waals surface area contributed by atoms with Gasteiger partial charge in [0.25, 0.3) is 0 Å². The first-order chi connectivity index (χ1) is 13.6. The van der Waals surface area contributed by atoms with Crippen LogP contribution in [0.15, 0.2) is 36.4 Å². The molecule has 0 atom stereocenters. The number of phenolic OH excluding ortho intramolecular Hbond substituents is 1. The van der Waals surface area contributed by atoms with Crippen molar-refractivity contribution in [2.24, 2.45) is 0 Å². The molecule has 0 radical (unpaired) electrons. The summed E-state index contributed by atoms with van der Waals surface area (Å²) in [5.41, 5.74) is 1.58. The first-order valence-corrected chi connectivity index (χ1v) is 9.46. The molecule has 0 aromatic heterocycles. The molecule has 0 bridgehead atoms. The molecular weight excluding hydrogens is 360 g/mol. The molecule has 2 rings (SSSR count). The zero-order valence-electron chi connectivity index (χ0n) is 16.6. The lowest BCUT2D eigenvalue weighted by Gasteiger charge is -2.17. The molecule has 28 heavy (non-hydrogen) atoms. The number of hydrogen-bond acceptors (Lipinski definition) is 5. The Morgan fingerprint density at radius 1 is 0.929 bits per heavy atom. The van der Waals surface area contributed by atoms with Crippen LogP contribution in [-0.2, 0) is 6.42 Å². The molecule has 152 valence electrons. The van der Waals surface area contributed by atoms with Gasteiger partial charge in [0.15, 0.2) is 11.5 Å². The predicted molar refractivity (Wildman–Crippen MR) is 109 cm³/mol. The second-order valence-electron chi connectivity index (χ2n) is 5.90. The van der Waals surface area contributed by atoms with Crippen molar-refractivity contribution < 1.29 is 24.1 Å². The minimum absolute atomic E-state index is 0.222. The second-order valence-corrected chi connectivity index (χ2v) is 5.90. The molecule has 0 unspecified atom stereocenters. The number of phenols is 1. The van der Waals surface area contributed by atoms with Gasteiger partial charge in [-0.05, 0) is 44.9 Å². The number of rotatable bonds is 10. The number of hydrogen-bond donors (Lipinski definition) is 3. The van der Waals surface area contributed by atoms with Gasteiger partial charge in [0.1, 0.15) is 5.75 Å². The summed E-state index contributed by atoms with van der Waals surface area (Å²) < 4.78 is 17.0. The summed E-state index contributed by atoms with van der Waals surface area (Å²) in [4.78, 5) is 12.2. The van der Waals surface area contributed by atoms with Gasteiger partial charge < -0.3 is 30.0 Å². The Bertz CT molecular complexity index is 735. The van der Waals surface area contributed by atoms with Crippen LogP contribution in [0.25, 0.3) is 0 Å². The van der Waals surface area contributed by atoms with Crippen molar-refractivity contribution in [3.63, 3.8) is 0 Å². The molecule has 0 aliphatic carbocycles. The Morgan fingerprint density at radius 2 is 1.50 bits per heavy atom. The zero-order valence-corrected chi connectivity index (χ0v) is 16.6. The minimum atomic E-state index is -0.326. The van der Waals surface area contributed by atoms with E-state index in [9.17, 15) is 9.90 Å². The molecule has 0 saturated carbocycles. The third-order valence-electron chi connectivity index (χ3n) is 3.80.